The van der Waals surface area contributed by atoms with Crippen LogP contribution in [0.1, 0.15) is 31.4 Å². The van der Waals surface area contributed by atoms with Crippen LogP contribution in [-0.4, -0.2) is 61.3 Å². The lowest BCUT2D eigenvalue weighted by Crippen LogP contribution is -2.42. The highest BCUT2D eigenvalue weighted by atomic mass is 32.2. The molecule has 1 amide bonds. The van der Waals surface area contributed by atoms with Crippen molar-refractivity contribution in [1.29, 1.82) is 0 Å². The molecule has 0 bridgehead atoms. The first kappa shape index (κ1) is 17.0. The quantitative estimate of drug-likeness (QED) is 0.804. The number of likely N-dealkylation sites (tertiary alicyclic amines) is 2. The second kappa shape index (κ2) is 6.40. The summed E-state index contributed by atoms with van der Waals surface area (Å²) in [7, 11) is -2.82. The van der Waals surface area contributed by atoms with E-state index in [1.165, 1.54) is 5.56 Å². The van der Waals surface area contributed by atoms with Crippen LogP contribution < -0.4 is 0 Å². The molecule has 1 aromatic rings. The van der Waals surface area contributed by atoms with Gasteiger partial charge in [0.25, 0.3) is 0 Å². The van der Waals surface area contributed by atoms with Gasteiger partial charge in [-0.15, -0.1) is 0 Å². The molecule has 3 fully saturated rings. The Morgan fingerprint density at radius 3 is 2.36 bits per heavy atom. The fraction of sp³-hybridized carbons (Fsp3) is 0.632. The normalized spacial score (nSPS) is 32.7. The van der Waals surface area contributed by atoms with E-state index >= 15 is 0 Å². The van der Waals surface area contributed by atoms with E-state index in [4.69, 9.17) is 0 Å². The number of carbonyl (C=O) groups is 1. The molecule has 25 heavy (non-hydrogen) atoms. The smallest absolute Gasteiger partial charge is 0.219 e. The first-order chi connectivity index (χ1) is 11.9. The average Bonchev–Trinajstić information content (AvgIpc) is 3.13. The van der Waals surface area contributed by atoms with Gasteiger partial charge in [0, 0.05) is 38.5 Å². The summed E-state index contributed by atoms with van der Waals surface area (Å²) in [5, 5.41) is 0. The minimum atomic E-state index is -2.82. The van der Waals surface area contributed by atoms with E-state index in [2.05, 4.69) is 17.0 Å². The summed E-state index contributed by atoms with van der Waals surface area (Å²) in [5.41, 5.74) is 1.22. The van der Waals surface area contributed by atoms with E-state index in [1.54, 1.807) is 6.92 Å². The van der Waals surface area contributed by atoms with E-state index < -0.39 is 9.84 Å². The van der Waals surface area contributed by atoms with Gasteiger partial charge in [0.15, 0.2) is 0 Å². The Bertz CT molecular complexity index is 735. The van der Waals surface area contributed by atoms with Gasteiger partial charge in [0.05, 0.1) is 17.5 Å². The zero-order chi connectivity index (χ0) is 17.6. The summed E-state index contributed by atoms with van der Waals surface area (Å²) in [6, 6.07) is 10.9. The van der Waals surface area contributed by atoms with Gasteiger partial charge in [0.2, 0.25) is 5.91 Å². The number of rotatable bonds is 2. The van der Waals surface area contributed by atoms with Gasteiger partial charge >= 0.3 is 0 Å². The molecule has 4 rings (SSSR count). The predicted molar refractivity (Wildman–Crippen MR) is 96.8 cm³/mol. The minimum Gasteiger partial charge on any atom is -0.335 e. The maximum Gasteiger partial charge on any atom is 0.219 e. The zero-order valence-corrected chi connectivity index (χ0v) is 15.5. The molecule has 0 saturated carbocycles. The molecule has 0 N–H and O–H groups in total. The summed E-state index contributed by atoms with van der Waals surface area (Å²) in [5.74, 6) is 1.74. The van der Waals surface area contributed by atoms with Crippen molar-refractivity contribution in [2.45, 2.75) is 31.8 Å². The van der Waals surface area contributed by atoms with Crippen LogP contribution in [0.5, 0.6) is 0 Å². The van der Waals surface area contributed by atoms with Crippen LogP contribution in [0.3, 0.4) is 0 Å². The van der Waals surface area contributed by atoms with Crippen LogP contribution in [0.4, 0.5) is 0 Å². The van der Waals surface area contributed by atoms with Gasteiger partial charge in [-0.3, -0.25) is 9.69 Å². The van der Waals surface area contributed by atoms with Crippen molar-refractivity contribution in [3.8, 4) is 0 Å². The van der Waals surface area contributed by atoms with Crippen LogP contribution >= 0.6 is 0 Å². The second-order valence-corrected chi connectivity index (χ2v) is 10.1. The van der Waals surface area contributed by atoms with Gasteiger partial charge in [-0.2, -0.15) is 0 Å². The summed E-state index contributed by atoms with van der Waals surface area (Å²) in [6.45, 7) is 4.45. The van der Waals surface area contributed by atoms with Gasteiger partial charge in [0.1, 0.15) is 9.84 Å². The van der Waals surface area contributed by atoms with Gasteiger partial charge in [-0.05, 0) is 24.3 Å². The van der Waals surface area contributed by atoms with Crippen LogP contribution in [0.25, 0.3) is 0 Å². The second-order valence-electron chi connectivity index (χ2n) is 7.79. The molecule has 3 atom stereocenters. The summed E-state index contributed by atoms with van der Waals surface area (Å²) in [6.07, 6.45) is 1.52. The minimum absolute atomic E-state index is 0.151. The maximum atomic E-state index is 12.2. The number of amides is 1. The predicted octanol–water partition coefficient (Wildman–Crippen LogP) is 1.71. The molecule has 5 nitrogen and oxygen atoms in total. The number of hydrogen-bond donors (Lipinski definition) is 0. The largest absolute Gasteiger partial charge is 0.335 e. The molecule has 3 heterocycles. The van der Waals surface area contributed by atoms with Crippen molar-refractivity contribution in [1.82, 2.24) is 9.80 Å². The fourth-order valence-electron chi connectivity index (χ4n) is 5.02. The highest BCUT2D eigenvalue weighted by molar-refractivity contribution is 7.91. The monoisotopic (exact) mass is 362 g/mol. The summed E-state index contributed by atoms with van der Waals surface area (Å²) >= 11 is 0. The number of hydrogen-bond acceptors (Lipinski definition) is 4. The van der Waals surface area contributed by atoms with Crippen molar-refractivity contribution >= 4 is 15.7 Å². The highest BCUT2D eigenvalue weighted by Crippen LogP contribution is 2.45. The molecule has 1 aromatic carbocycles. The number of carbonyl (C=O) groups excluding carboxylic acids is 1. The van der Waals surface area contributed by atoms with E-state index in [0.717, 1.165) is 32.5 Å². The first-order valence-electron chi connectivity index (χ1n) is 9.21. The topological polar surface area (TPSA) is 57.7 Å². The lowest BCUT2D eigenvalue weighted by molar-refractivity contribution is -0.130. The molecule has 0 radical (unpaired) electrons. The number of nitrogens with zero attached hydrogens (tertiary/aromatic N) is 2. The van der Waals surface area contributed by atoms with Crippen molar-refractivity contribution < 1.29 is 13.2 Å². The average molecular weight is 362 g/mol. The van der Waals surface area contributed by atoms with Crippen LogP contribution in [0.2, 0.25) is 0 Å². The standard InChI is InChI=1S/C19H26N2O3S/c1-14(22)21-12-16-11-20(17-7-9-25(23,24)10-8-17)13-18(16)19(21)15-5-3-2-4-6-15/h2-6,16-19H,7-13H2,1H3/t16-,18-,19-/m1/s1. The van der Waals surface area contributed by atoms with Crippen molar-refractivity contribution in [3.05, 3.63) is 35.9 Å². The summed E-state index contributed by atoms with van der Waals surface area (Å²) in [4.78, 5) is 16.7. The number of fused-ring (bicyclic) bond motifs is 1. The van der Waals surface area contributed by atoms with Gasteiger partial charge in [-0.1, -0.05) is 30.3 Å². The molecular weight excluding hydrogens is 336 g/mol. The third kappa shape index (κ3) is 3.22. The molecule has 0 aromatic heterocycles. The molecule has 6 heteroatoms. The van der Waals surface area contributed by atoms with Crippen molar-refractivity contribution in [3.63, 3.8) is 0 Å². The molecule has 0 aliphatic carbocycles. The van der Waals surface area contributed by atoms with Gasteiger partial charge < -0.3 is 4.90 Å². The number of sulfone groups is 1. The highest BCUT2D eigenvalue weighted by Gasteiger charge is 2.49. The molecular formula is C19H26N2O3S. The van der Waals surface area contributed by atoms with Crippen LogP contribution in [0, 0.1) is 11.8 Å². The zero-order valence-electron chi connectivity index (χ0n) is 14.7. The third-order valence-electron chi connectivity index (χ3n) is 6.28. The number of benzene rings is 1. The van der Waals surface area contributed by atoms with Crippen LogP contribution in [-0.2, 0) is 14.6 Å². The molecule has 3 saturated heterocycles. The first-order valence-corrected chi connectivity index (χ1v) is 11.0. The summed E-state index contributed by atoms with van der Waals surface area (Å²) < 4.78 is 23.4. The van der Waals surface area contributed by atoms with Crippen LogP contribution in [0.15, 0.2) is 30.3 Å². The molecule has 0 spiro atoms. The van der Waals surface area contributed by atoms with E-state index in [9.17, 15) is 13.2 Å². The third-order valence-corrected chi connectivity index (χ3v) is 7.99. The lowest BCUT2D eigenvalue weighted by atomic mass is 9.89. The van der Waals surface area contributed by atoms with E-state index in [-0.39, 0.29) is 11.9 Å². The Hall–Kier alpha value is -1.40. The molecule has 0 unspecified atom stereocenters. The Morgan fingerprint density at radius 1 is 1.04 bits per heavy atom. The van der Waals surface area contributed by atoms with Crippen molar-refractivity contribution in [2.24, 2.45) is 11.8 Å². The van der Waals surface area contributed by atoms with E-state index in [0.29, 0.717) is 29.4 Å². The van der Waals surface area contributed by atoms with E-state index in [1.807, 2.05) is 23.1 Å². The Labute approximate surface area is 149 Å². The molecule has 3 aliphatic rings. The SMILES string of the molecule is CC(=O)N1C[C@H]2CN(C3CCS(=O)(=O)CC3)C[C@H]2[C@H]1c1ccccc1. The van der Waals surface area contributed by atoms with Gasteiger partial charge in [-0.25, -0.2) is 8.42 Å². The Balaban J connectivity index is 1.52. The van der Waals surface area contributed by atoms with Crippen molar-refractivity contribution in [2.75, 3.05) is 31.1 Å². The Kier molecular flexibility index (Phi) is 4.36. The lowest BCUT2D eigenvalue weighted by Gasteiger charge is -2.34. The fourth-order valence-corrected chi connectivity index (χ4v) is 6.49. The Morgan fingerprint density at radius 2 is 1.72 bits per heavy atom. The maximum absolute atomic E-state index is 12.2. The molecule has 3 aliphatic heterocycles. The molecule has 136 valence electrons.